The second-order valence-electron chi connectivity index (χ2n) is 3.09. The molecule has 0 fully saturated rings. The van der Waals surface area contributed by atoms with Crippen molar-refractivity contribution in [1.29, 1.82) is 0 Å². The first kappa shape index (κ1) is 10.2. The normalized spacial score (nSPS) is 19.3. The Morgan fingerprint density at radius 1 is 1.47 bits per heavy atom. The second kappa shape index (κ2) is 4.44. The Morgan fingerprint density at radius 3 is 2.93 bits per heavy atom. The molecule has 5 heteroatoms. The summed E-state index contributed by atoms with van der Waals surface area (Å²) in [4.78, 5) is 19.5. The van der Waals surface area contributed by atoms with E-state index in [1.54, 1.807) is 12.4 Å². The Bertz CT molecular complexity index is 406. The highest BCUT2D eigenvalue weighted by Crippen LogP contribution is 2.21. The van der Waals surface area contributed by atoms with Gasteiger partial charge in [0.25, 0.3) is 0 Å². The first-order valence-corrected chi connectivity index (χ1v) is 5.52. The number of ether oxygens (including phenoxy) is 1. The summed E-state index contributed by atoms with van der Waals surface area (Å²) < 4.78 is 5.13. The van der Waals surface area contributed by atoms with Crippen LogP contribution in [-0.2, 0) is 9.53 Å². The predicted octanol–water partition coefficient (Wildman–Crippen LogP) is 1.36. The third-order valence-corrected chi connectivity index (χ3v) is 3.14. The van der Waals surface area contributed by atoms with Crippen molar-refractivity contribution in [1.82, 2.24) is 9.97 Å². The number of carbonyl (C=O) groups excluding carboxylic acids is 1. The van der Waals surface area contributed by atoms with Gasteiger partial charge in [0.15, 0.2) is 11.9 Å². The Labute approximate surface area is 91.8 Å². The number of hydrogen-bond acceptors (Lipinski definition) is 5. The van der Waals surface area contributed by atoms with Gasteiger partial charge in [-0.2, -0.15) is 0 Å². The molecule has 0 saturated carbocycles. The van der Waals surface area contributed by atoms with Crippen LogP contribution in [0.25, 0.3) is 0 Å². The molecule has 78 valence electrons. The lowest BCUT2D eigenvalue weighted by Crippen LogP contribution is -2.18. The van der Waals surface area contributed by atoms with Gasteiger partial charge in [0.05, 0.1) is 12.0 Å². The fourth-order valence-corrected chi connectivity index (χ4v) is 2.14. The van der Waals surface area contributed by atoms with E-state index in [1.807, 2.05) is 6.92 Å². The zero-order valence-electron chi connectivity index (χ0n) is 8.21. The average molecular weight is 222 g/mol. The van der Waals surface area contributed by atoms with Crippen LogP contribution in [0.5, 0.6) is 0 Å². The van der Waals surface area contributed by atoms with Gasteiger partial charge >= 0.3 is 0 Å². The van der Waals surface area contributed by atoms with Crippen LogP contribution < -0.4 is 0 Å². The zero-order chi connectivity index (χ0) is 10.7. The van der Waals surface area contributed by atoms with Crippen LogP contribution in [0.1, 0.15) is 5.69 Å². The van der Waals surface area contributed by atoms with Crippen molar-refractivity contribution in [2.75, 3.05) is 5.75 Å². The summed E-state index contributed by atoms with van der Waals surface area (Å²) in [7, 11) is 0. The fourth-order valence-electron chi connectivity index (χ4n) is 1.19. The molecule has 0 radical (unpaired) electrons. The van der Waals surface area contributed by atoms with Crippen molar-refractivity contribution >= 4 is 17.5 Å². The number of aromatic nitrogens is 2. The minimum Gasteiger partial charge on any atom is -0.489 e. The van der Waals surface area contributed by atoms with Crippen molar-refractivity contribution in [3.63, 3.8) is 0 Å². The maximum Gasteiger partial charge on any atom is 0.200 e. The van der Waals surface area contributed by atoms with Gasteiger partial charge < -0.3 is 4.74 Å². The second-order valence-corrected chi connectivity index (χ2v) is 4.10. The standard InChI is InChI=1S/C10H10N2O2S/c1-7-10(12-4-3-11-7)15-6-9-8(13)2-5-14-9/h2-5,9H,6H2,1H3. The highest BCUT2D eigenvalue weighted by molar-refractivity contribution is 7.99. The van der Waals surface area contributed by atoms with Crippen LogP contribution in [-0.4, -0.2) is 27.6 Å². The number of aryl methyl sites for hydroxylation is 1. The van der Waals surface area contributed by atoms with Gasteiger partial charge in [-0.1, -0.05) is 0 Å². The lowest BCUT2D eigenvalue weighted by Gasteiger charge is -2.08. The first-order valence-electron chi connectivity index (χ1n) is 4.53. The molecule has 1 atom stereocenters. The van der Waals surface area contributed by atoms with Gasteiger partial charge in [0.2, 0.25) is 0 Å². The highest BCUT2D eigenvalue weighted by atomic mass is 32.2. The van der Waals surface area contributed by atoms with Crippen molar-refractivity contribution in [3.8, 4) is 0 Å². The quantitative estimate of drug-likeness (QED) is 0.723. The van der Waals surface area contributed by atoms with E-state index in [9.17, 15) is 4.79 Å². The molecule has 2 heterocycles. The SMILES string of the molecule is Cc1nccnc1SCC1OC=CC1=O. The van der Waals surface area contributed by atoms with Gasteiger partial charge in [0.1, 0.15) is 5.03 Å². The van der Waals surface area contributed by atoms with Crippen LogP contribution in [0.2, 0.25) is 0 Å². The van der Waals surface area contributed by atoms with Crippen LogP contribution in [0.4, 0.5) is 0 Å². The monoisotopic (exact) mass is 222 g/mol. The molecule has 4 nitrogen and oxygen atoms in total. The summed E-state index contributed by atoms with van der Waals surface area (Å²) in [6, 6.07) is 0. The number of thioether (sulfide) groups is 1. The van der Waals surface area contributed by atoms with Gasteiger partial charge in [-0.25, -0.2) is 4.98 Å². The van der Waals surface area contributed by atoms with E-state index in [1.165, 1.54) is 24.1 Å². The van der Waals surface area contributed by atoms with E-state index >= 15 is 0 Å². The molecule has 1 aromatic heterocycles. The summed E-state index contributed by atoms with van der Waals surface area (Å²) in [6.45, 7) is 1.89. The van der Waals surface area contributed by atoms with E-state index < -0.39 is 0 Å². The first-order chi connectivity index (χ1) is 7.27. The van der Waals surface area contributed by atoms with E-state index in [2.05, 4.69) is 9.97 Å². The Kier molecular flexibility index (Phi) is 3.01. The molecule has 15 heavy (non-hydrogen) atoms. The molecular formula is C10H10N2O2S. The van der Waals surface area contributed by atoms with E-state index in [0.717, 1.165) is 10.7 Å². The number of ketones is 1. The number of nitrogens with zero attached hydrogens (tertiary/aromatic N) is 2. The van der Waals surface area contributed by atoms with Crippen molar-refractivity contribution < 1.29 is 9.53 Å². The molecule has 0 aromatic carbocycles. The number of rotatable bonds is 3. The Balaban J connectivity index is 1.94. The summed E-state index contributed by atoms with van der Waals surface area (Å²) in [5.41, 5.74) is 0.876. The van der Waals surface area contributed by atoms with Gasteiger partial charge in [0, 0.05) is 24.2 Å². The van der Waals surface area contributed by atoms with Gasteiger partial charge in [-0.05, 0) is 6.92 Å². The summed E-state index contributed by atoms with van der Waals surface area (Å²) in [6.07, 6.45) is 5.82. The molecule has 1 aliphatic heterocycles. The maximum absolute atomic E-state index is 11.2. The zero-order valence-corrected chi connectivity index (χ0v) is 9.03. The molecule has 0 aliphatic carbocycles. The van der Waals surface area contributed by atoms with Gasteiger partial charge in [-0.15, -0.1) is 11.8 Å². The molecule has 1 unspecified atom stereocenters. The van der Waals surface area contributed by atoms with Gasteiger partial charge in [-0.3, -0.25) is 9.78 Å². The van der Waals surface area contributed by atoms with Crippen molar-refractivity contribution in [3.05, 3.63) is 30.4 Å². The molecule has 0 N–H and O–H groups in total. The molecular weight excluding hydrogens is 212 g/mol. The van der Waals surface area contributed by atoms with Crippen LogP contribution in [0.3, 0.4) is 0 Å². The molecule has 0 amide bonds. The molecule has 1 aliphatic rings. The van der Waals surface area contributed by atoms with Crippen LogP contribution >= 0.6 is 11.8 Å². The fraction of sp³-hybridized carbons (Fsp3) is 0.300. The Morgan fingerprint density at radius 2 is 2.27 bits per heavy atom. The smallest absolute Gasteiger partial charge is 0.200 e. The maximum atomic E-state index is 11.2. The third-order valence-electron chi connectivity index (χ3n) is 2.00. The minimum absolute atomic E-state index is 0.0176. The van der Waals surface area contributed by atoms with Crippen LogP contribution in [0, 0.1) is 6.92 Å². The molecule has 0 spiro atoms. The predicted molar refractivity (Wildman–Crippen MR) is 56.5 cm³/mol. The minimum atomic E-state index is -0.364. The highest BCUT2D eigenvalue weighted by Gasteiger charge is 2.21. The van der Waals surface area contributed by atoms with E-state index in [-0.39, 0.29) is 11.9 Å². The summed E-state index contributed by atoms with van der Waals surface area (Å²) >= 11 is 1.49. The van der Waals surface area contributed by atoms with E-state index in [4.69, 9.17) is 4.74 Å². The summed E-state index contributed by atoms with van der Waals surface area (Å²) in [5, 5.41) is 0.848. The largest absolute Gasteiger partial charge is 0.489 e. The third kappa shape index (κ3) is 2.36. The van der Waals surface area contributed by atoms with Crippen molar-refractivity contribution in [2.45, 2.75) is 18.1 Å². The van der Waals surface area contributed by atoms with Crippen molar-refractivity contribution in [2.24, 2.45) is 0 Å². The van der Waals surface area contributed by atoms with Crippen LogP contribution in [0.15, 0.2) is 29.8 Å². The number of hydrogen-bond donors (Lipinski definition) is 0. The molecule has 1 aromatic rings. The topological polar surface area (TPSA) is 52.1 Å². The summed E-state index contributed by atoms with van der Waals surface area (Å²) in [5.74, 6) is 0.592. The average Bonchev–Trinajstić information content (AvgIpc) is 2.63. The number of carbonyl (C=O) groups is 1. The lowest BCUT2D eigenvalue weighted by atomic mass is 10.3. The van der Waals surface area contributed by atoms with E-state index in [0.29, 0.717) is 5.75 Å². The molecule has 0 bridgehead atoms. The molecule has 2 rings (SSSR count). The Hall–Kier alpha value is -1.36. The molecule has 0 saturated heterocycles. The lowest BCUT2D eigenvalue weighted by molar-refractivity contribution is -0.119.